The lowest BCUT2D eigenvalue weighted by Gasteiger charge is -2.16. The lowest BCUT2D eigenvalue weighted by Crippen LogP contribution is -2.32. The Hall–Kier alpha value is -0.280. The zero-order chi connectivity index (χ0) is 9.84. The number of hydrogen-bond donors (Lipinski definition) is 0. The zero-order valence-electron chi connectivity index (χ0n) is 8.12. The third kappa shape index (κ3) is 3.53. The van der Waals surface area contributed by atoms with Gasteiger partial charge in [0.05, 0.1) is 11.5 Å². The van der Waals surface area contributed by atoms with E-state index in [4.69, 9.17) is 16.3 Å². The number of likely N-dealkylation sites (tertiary alicyclic amines) is 1. The molecule has 0 saturated carbocycles. The Morgan fingerprint density at radius 3 is 2.85 bits per heavy atom. The molecule has 1 heterocycles. The van der Waals surface area contributed by atoms with Crippen molar-refractivity contribution in [1.82, 2.24) is 4.90 Å². The second-order valence-electron chi connectivity index (χ2n) is 3.59. The molecule has 1 amide bonds. The molecule has 76 valence electrons. The van der Waals surface area contributed by atoms with Gasteiger partial charge >= 0.3 is 0 Å². The van der Waals surface area contributed by atoms with E-state index in [2.05, 4.69) is 0 Å². The molecule has 1 rings (SSSR count). The quantitative estimate of drug-likeness (QED) is 0.650. The molecule has 0 aliphatic carbocycles. The van der Waals surface area contributed by atoms with E-state index in [1.165, 1.54) is 0 Å². The second kappa shape index (κ2) is 4.82. The number of hydrogen-bond acceptors (Lipinski definition) is 2. The van der Waals surface area contributed by atoms with Crippen LogP contribution in [0.3, 0.4) is 0 Å². The Balaban J connectivity index is 2.24. The average Bonchev–Trinajstić information content (AvgIpc) is 2.47. The van der Waals surface area contributed by atoms with Gasteiger partial charge in [-0.2, -0.15) is 0 Å². The van der Waals surface area contributed by atoms with Crippen LogP contribution in [0.25, 0.3) is 0 Å². The summed E-state index contributed by atoms with van der Waals surface area (Å²) in [4.78, 5) is 13.2. The van der Waals surface area contributed by atoms with Gasteiger partial charge in [-0.3, -0.25) is 4.79 Å². The topological polar surface area (TPSA) is 29.5 Å². The molecule has 0 N–H and O–H groups in total. The largest absolute Gasteiger partial charge is 0.369 e. The minimum Gasteiger partial charge on any atom is -0.369 e. The fourth-order valence-electron chi connectivity index (χ4n) is 1.27. The third-order valence-corrected chi connectivity index (χ3v) is 2.38. The smallest absolute Gasteiger partial charge is 0.248 e. The molecule has 1 saturated heterocycles. The summed E-state index contributed by atoms with van der Waals surface area (Å²) in [6.07, 6.45) is 1.01. The van der Waals surface area contributed by atoms with E-state index in [9.17, 15) is 4.79 Å². The highest BCUT2D eigenvalue weighted by molar-refractivity contribution is 6.21. The summed E-state index contributed by atoms with van der Waals surface area (Å²) >= 11 is 5.88. The van der Waals surface area contributed by atoms with Gasteiger partial charge < -0.3 is 9.64 Å². The molecule has 4 heteroatoms. The van der Waals surface area contributed by atoms with Crippen molar-refractivity contribution in [2.24, 2.45) is 0 Å². The highest BCUT2D eigenvalue weighted by atomic mass is 35.5. The third-order valence-electron chi connectivity index (χ3n) is 2.02. The Bertz CT molecular complexity index is 184. The molecule has 0 aromatic carbocycles. The maximum absolute atomic E-state index is 11.4. The lowest BCUT2D eigenvalue weighted by atomic mass is 10.4. The average molecular weight is 206 g/mol. The lowest BCUT2D eigenvalue weighted by molar-refractivity contribution is -0.136. The summed E-state index contributed by atoms with van der Waals surface area (Å²) in [7, 11) is 0. The van der Waals surface area contributed by atoms with Crippen molar-refractivity contribution in [2.75, 3.05) is 19.7 Å². The standard InChI is InChI=1S/C9H16ClNO2/c1-7(2)13-6-9(12)11-4-3-8(10)5-11/h7-8H,3-6H2,1-2H3. The number of ether oxygens (including phenoxy) is 1. The summed E-state index contributed by atoms with van der Waals surface area (Å²) in [5.74, 6) is 0.0526. The summed E-state index contributed by atoms with van der Waals surface area (Å²) in [5.41, 5.74) is 0. The van der Waals surface area contributed by atoms with E-state index < -0.39 is 0 Å². The first kappa shape index (κ1) is 10.8. The van der Waals surface area contributed by atoms with E-state index in [1.807, 2.05) is 13.8 Å². The Labute approximate surface area is 84.0 Å². The summed E-state index contributed by atoms with van der Waals surface area (Å²) in [6.45, 7) is 5.46. The SMILES string of the molecule is CC(C)OCC(=O)N1CCC(Cl)C1. The molecule has 1 unspecified atom stereocenters. The van der Waals surface area contributed by atoms with Gasteiger partial charge in [-0.15, -0.1) is 11.6 Å². The van der Waals surface area contributed by atoms with Gasteiger partial charge in [-0.1, -0.05) is 0 Å². The van der Waals surface area contributed by atoms with Gasteiger partial charge in [0.25, 0.3) is 0 Å². The first-order valence-corrected chi connectivity index (χ1v) is 5.06. The van der Waals surface area contributed by atoms with Crippen molar-refractivity contribution in [2.45, 2.75) is 31.7 Å². The molecular weight excluding hydrogens is 190 g/mol. The predicted octanol–water partition coefficient (Wildman–Crippen LogP) is 1.25. The van der Waals surface area contributed by atoms with Gasteiger partial charge in [0.1, 0.15) is 6.61 Å². The summed E-state index contributed by atoms with van der Waals surface area (Å²) in [5, 5.41) is 0.128. The molecule has 1 aliphatic heterocycles. The maximum atomic E-state index is 11.4. The van der Waals surface area contributed by atoms with Crippen LogP contribution in [-0.2, 0) is 9.53 Å². The van der Waals surface area contributed by atoms with Crippen molar-refractivity contribution >= 4 is 17.5 Å². The molecular formula is C9H16ClNO2. The summed E-state index contributed by atoms with van der Waals surface area (Å²) < 4.78 is 5.22. The van der Waals surface area contributed by atoms with Gasteiger partial charge in [-0.25, -0.2) is 0 Å². The van der Waals surface area contributed by atoms with E-state index >= 15 is 0 Å². The fourth-order valence-corrected chi connectivity index (χ4v) is 1.54. The van der Waals surface area contributed by atoms with Crippen LogP contribution < -0.4 is 0 Å². The minimum atomic E-state index is 0.0526. The number of amides is 1. The number of carbonyl (C=O) groups excluding carboxylic acids is 1. The predicted molar refractivity (Wildman–Crippen MR) is 51.9 cm³/mol. The van der Waals surface area contributed by atoms with Crippen LogP contribution in [0.15, 0.2) is 0 Å². The van der Waals surface area contributed by atoms with Crippen LogP contribution >= 0.6 is 11.6 Å². The van der Waals surface area contributed by atoms with Crippen molar-refractivity contribution in [3.05, 3.63) is 0 Å². The van der Waals surface area contributed by atoms with Crippen molar-refractivity contribution in [3.63, 3.8) is 0 Å². The van der Waals surface area contributed by atoms with Crippen molar-refractivity contribution in [1.29, 1.82) is 0 Å². The normalized spacial score (nSPS) is 22.8. The Morgan fingerprint density at radius 2 is 2.38 bits per heavy atom. The number of carbonyl (C=O) groups is 1. The molecule has 0 aromatic rings. The summed E-state index contributed by atoms with van der Waals surface area (Å²) in [6, 6.07) is 0. The molecule has 0 spiro atoms. The van der Waals surface area contributed by atoms with Gasteiger partial charge in [0, 0.05) is 13.1 Å². The van der Waals surface area contributed by atoms with E-state index in [-0.39, 0.29) is 24.0 Å². The van der Waals surface area contributed by atoms with Gasteiger partial charge in [0.2, 0.25) is 5.91 Å². The molecule has 1 atom stereocenters. The van der Waals surface area contributed by atoms with E-state index in [0.29, 0.717) is 6.54 Å². The molecule has 13 heavy (non-hydrogen) atoms. The zero-order valence-corrected chi connectivity index (χ0v) is 8.88. The Kier molecular flexibility index (Phi) is 4.00. The number of nitrogens with zero attached hydrogens (tertiary/aromatic N) is 1. The molecule has 0 aromatic heterocycles. The molecule has 0 bridgehead atoms. The first-order chi connectivity index (χ1) is 6.09. The van der Waals surface area contributed by atoms with Crippen molar-refractivity contribution in [3.8, 4) is 0 Å². The van der Waals surface area contributed by atoms with Gasteiger partial charge in [-0.05, 0) is 20.3 Å². The first-order valence-electron chi connectivity index (χ1n) is 4.63. The van der Waals surface area contributed by atoms with Crippen LogP contribution in [-0.4, -0.2) is 42.0 Å². The second-order valence-corrected chi connectivity index (χ2v) is 4.20. The highest BCUT2D eigenvalue weighted by Gasteiger charge is 2.24. The van der Waals surface area contributed by atoms with E-state index in [1.54, 1.807) is 4.90 Å². The van der Waals surface area contributed by atoms with Crippen molar-refractivity contribution < 1.29 is 9.53 Å². The van der Waals surface area contributed by atoms with E-state index in [0.717, 1.165) is 13.0 Å². The molecule has 3 nitrogen and oxygen atoms in total. The minimum absolute atomic E-state index is 0.0526. The molecule has 0 radical (unpaired) electrons. The fraction of sp³-hybridized carbons (Fsp3) is 0.889. The number of halogens is 1. The molecule has 1 fully saturated rings. The van der Waals surface area contributed by atoms with Gasteiger partial charge in [0.15, 0.2) is 0 Å². The van der Waals surface area contributed by atoms with Crippen LogP contribution in [0.2, 0.25) is 0 Å². The Morgan fingerprint density at radius 1 is 1.69 bits per heavy atom. The monoisotopic (exact) mass is 205 g/mol. The van der Waals surface area contributed by atoms with Crippen LogP contribution in [0.4, 0.5) is 0 Å². The van der Waals surface area contributed by atoms with Crippen LogP contribution in [0, 0.1) is 0 Å². The number of alkyl halides is 1. The van der Waals surface area contributed by atoms with Crippen LogP contribution in [0.5, 0.6) is 0 Å². The molecule has 1 aliphatic rings. The maximum Gasteiger partial charge on any atom is 0.248 e. The number of rotatable bonds is 3. The highest BCUT2D eigenvalue weighted by Crippen LogP contribution is 2.14. The van der Waals surface area contributed by atoms with Crippen LogP contribution in [0.1, 0.15) is 20.3 Å².